The minimum Gasteiger partial charge on any atom is -0.397 e. The van der Waals surface area contributed by atoms with Crippen LogP contribution in [0.4, 0.5) is 5.69 Å². The summed E-state index contributed by atoms with van der Waals surface area (Å²) in [6.45, 7) is -0.215. The fourth-order valence-corrected chi connectivity index (χ4v) is 1.79. The van der Waals surface area contributed by atoms with E-state index in [9.17, 15) is 4.79 Å². The average molecular weight is 220 g/mol. The molecule has 0 unspecified atom stereocenters. The zero-order valence-electron chi connectivity index (χ0n) is 7.80. The van der Waals surface area contributed by atoms with Crippen LogP contribution in [0.25, 0.3) is 0 Å². The van der Waals surface area contributed by atoms with Gasteiger partial charge in [-0.1, -0.05) is 0 Å². The van der Waals surface area contributed by atoms with Crippen LogP contribution in [0.1, 0.15) is 9.67 Å². The van der Waals surface area contributed by atoms with Crippen LogP contribution in [0.15, 0.2) is 11.4 Å². The Kier molecular flexibility index (Phi) is 3.67. The fourth-order valence-electron chi connectivity index (χ4n) is 1.01. The second-order valence-electron chi connectivity index (χ2n) is 2.68. The van der Waals surface area contributed by atoms with Gasteiger partial charge in [0.25, 0.3) is 5.91 Å². The van der Waals surface area contributed by atoms with E-state index in [2.05, 4.69) is 0 Å². The van der Waals surface area contributed by atoms with E-state index in [-0.39, 0.29) is 19.0 Å². The van der Waals surface area contributed by atoms with Crippen molar-refractivity contribution < 1.29 is 4.79 Å². The molecule has 0 saturated carbocycles. The molecule has 1 heterocycles. The van der Waals surface area contributed by atoms with E-state index in [1.807, 2.05) is 12.1 Å². The first kappa shape index (κ1) is 11.0. The molecule has 0 aliphatic carbocycles. The zero-order chi connectivity index (χ0) is 11.3. The molecule has 0 fully saturated rings. The number of hydrogen-bond donors (Lipinski definition) is 1. The number of nitrogens with two attached hydrogens (primary N) is 1. The topological polar surface area (TPSA) is 93.9 Å². The van der Waals surface area contributed by atoms with E-state index < -0.39 is 0 Å². The Morgan fingerprint density at radius 1 is 1.47 bits per heavy atom. The maximum absolute atomic E-state index is 11.8. The summed E-state index contributed by atoms with van der Waals surface area (Å²) in [6.07, 6.45) is 0. The molecule has 1 aromatic heterocycles. The Bertz CT molecular complexity index is 424. The molecule has 0 atom stereocenters. The second-order valence-corrected chi connectivity index (χ2v) is 3.60. The number of amides is 1. The van der Waals surface area contributed by atoms with E-state index in [4.69, 9.17) is 16.3 Å². The van der Waals surface area contributed by atoms with Gasteiger partial charge in [-0.3, -0.25) is 4.79 Å². The van der Waals surface area contributed by atoms with Gasteiger partial charge < -0.3 is 10.6 Å². The lowest BCUT2D eigenvalue weighted by Crippen LogP contribution is -2.31. The molecular formula is C9H8N4OS. The van der Waals surface area contributed by atoms with E-state index in [1.165, 1.54) is 11.3 Å². The maximum Gasteiger partial charge on any atom is 0.267 e. The van der Waals surface area contributed by atoms with Crippen molar-refractivity contribution in [2.75, 3.05) is 18.8 Å². The zero-order valence-corrected chi connectivity index (χ0v) is 8.62. The van der Waals surface area contributed by atoms with Crippen LogP contribution in [0.2, 0.25) is 0 Å². The minimum atomic E-state index is -0.370. The average Bonchev–Trinajstić information content (AvgIpc) is 2.63. The Morgan fingerprint density at radius 2 is 2.07 bits per heavy atom. The van der Waals surface area contributed by atoms with Gasteiger partial charge in [-0.05, 0) is 11.4 Å². The molecule has 1 amide bonds. The number of nitrogens with zero attached hydrogens (tertiary/aromatic N) is 3. The van der Waals surface area contributed by atoms with Crippen LogP contribution in [0, 0.1) is 22.7 Å². The van der Waals surface area contributed by atoms with E-state index >= 15 is 0 Å². The monoisotopic (exact) mass is 220 g/mol. The highest BCUT2D eigenvalue weighted by Crippen LogP contribution is 2.20. The summed E-state index contributed by atoms with van der Waals surface area (Å²) in [5.74, 6) is -0.370. The van der Waals surface area contributed by atoms with Crippen LogP contribution in [0.3, 0.4) is 0 Å². The van der Waals surface area contributed by atoms with Crippen molar-refractivity contribution in [3.8, 4) is 12.1 Å². The highest BCUT2D eigenvalue weighted by Gasteiger charge is 2.18. The summed E-state index contributed by atoms with van der Waals surface area (Å²) in [6, 6.07) is 5.29. The number of hydrogen-bond acceptors (Lipinski definition) is 5. The first-order valence-corrected chi connectivity index (χ1v) is 4.94. The fraction of sp³-hybridized carbons (Fsp3) is 0.222. The lowest BCUT2D eigenvalue weighted by Gasteiger charge is -2.14. The molecule has 6 heteroatoms. The standard InChI is InChI=1S/C9H8N4OS/c10-2-4-13(5-3-11)9(14)8-7(12)1-6-15-8/h1,6H,4-5,12H2. The van der Waals surface area contributed by atoms with Crippen LogP contribution < -0.4 is 5.73 Å². The Labute approximate surface area is 90.9 Å². The van der Waals surface area contributed by atoms with Gasteiger partial charge in [0, 0.05) is 0 Å². The molecule has 5 nitrogen and oxygen atoms in total. The van der Waals surface area contributed by atoms with Gasteiger partial charge >= 0.3 is 0 Å². The lowest BCUT2D eigenvalue weighted by molar-refractivity contribution is 0.0800. The summed E-state index contributed by atoms with van der Waals surface area (Å²) in [7, 11) is 0. The summed E-state index contributed by atoms with van der Waals surface area (Å²) >= 11 is 1.20. The third-order valence-corrected chi connectivity index (χ3v) is 2.62. The molecule has 0 aliphatic rings. The maximum atomic E-state index is 11.8. The molecule has 0 radical (unpaired) electrons. The van der Waals surface area contributed by atoms with Crippen LogP contribution in [-0.4, -0.2) is 23.9 Å². The molecule has 76 valence electrons. The number of thiophene rings is 1. The van der Waals surface area contributed by atoms with Crippen molar-refractivity contribution in [2.45, 2.75) is 0 Å². The van der Waals surface area contributed by atoms with Crippen LogP contribution in [0.5, 0.6) is 0 Å². The summed E-state index contributed by atoms with van der Waals surface area (Å²) in [4.78, 5) is 13.3. The third kappa shape index (κ3) is 2.46. The van der Waals surface area contributed by atoms with E-state index in [0.717, 1.165) is 4.90 Å². The Balaban J connectivity index is 2.87. The number of nitriles is 2. The van der Waals surface area contributed by atoms with Crippen LogP contribution in [-0.2, 0) is 0 Å². The first-order chi connectivity index (χ1) is 7.20. The number of carbonyl (C=O) groups excluding carboxylic acids is 1. The third-order valence-electron chi connectivity index (χ3n) is 1.70. The molecule has 0 aromatic carbocycles. The molecule has 1 rings (SSSR count). The molecule has 2 N–H and O–H groups in total. The number of rotatable bonds is 3. The SMILES string of the molecule is N#CCN(CC#N)C(=O)c1sccc1N. The van der Waals surface area contributed by atoms with Gasteiger partial charge in [0.15, 0.2) is 0 Å². The normalized spacial score (nSPS) is 8.93. The Morgan fingerprint density at radius 3 is 2.47 bits per heavy atom. The van der Waals surface area contributed by atoms with Crippen molar-refractivity contribution in [3.05, 3.63) is 16.3 Å². The van der Waals surface area contributed by atoms with Crippen LogP contribution >= 0.6 is 11.3 Å². The molecule has 0 aliphatic heterocycles. The molecule has 15 heavy (non-hydrogen) atoms. The van der Waals surface area contributed by atoms with Crippen molar-refractivity contribution in [3.63, 3.8) is 0 Å². The van der Waals surface area contributed by atoms with Crippen molar-refractivity contribution in [1.29, 1.82) is 10.5 Å². The van der Waals surface area contributed by atoms with Gasteiger partial charge in [-0.25, -0.2) is 0 Å². The first-order valence-electron chi connectivity index (χ1n) is 4.07. The molecule has 0 spiro atoms. The highest BCUT2D eigenvalue weighted by atomic mass is 32.1. The predicted octanol–water partition coefficient (Wildman–Crippen LogP) is 0.820. The molecule has 0 saturated heterocycles. The Hall–Kier alpha value is -2.05. The quantitative estimate of drug-likeness (QED) is 0.763. The number of carbonyl (C=O) groups is 1. The molecule has 0 bridgehead atoms. The summed E-state index contributed by atoms with van der Waals surface area (Å²) in [5, 5.41) is 18.7. The second kappa shape index (κ2) is 4.99. The van der Waals surface area contributed by atoms with Gasteiger partial charge in [0.1, 0.15) is 18.0 Å². The highest BCUT2D eigenvalue weighted by molar-refractivity contribution is 7.12. The lowest BCUT2D eigenvalue weighted by atomic mass is 10.3. The summed E-state index contributed by atoms with van der Waals surface area (Å²) in [5.41, 5.74) is 5.95. The predicted molar refractivity (Wildman–Crippen MR) is 55.9 cm³/mol. The van der Waals surface area contributed by atoms with Crippen molar-refractivity contribution in [1.82, 2.24) is 4.90 Å². The summed E-state index contributed by atoms with van der Waals surface area (Å²) < 4.78 is 0. The van der Waals surface area contributed by atoms with Gasteiger partial charge in [0.05, 0.1) is 17.8 Å². The largest absolute Gasteiger partial charge is 0.397 e. The van der Waals surface area contributed by atoms with Gasteiger partial charge in [0.2, 0.25) is 0 Å². The molecule has 1 aromatic rings. The van der Waals surface area contributed by atoms with Gasteiger partial charge in [-0.15, -0.1) is 11.3 Å². The minimum absolute atomic E-state index is 0.107. The number of anilines is 1. The van der Waals surface area contributed by atoms with E-state index in [0.29, 0.717) is 10.6 Å². The van der Waals surface area contributed by atoms with Crippen molar-refractivity contribution in [2.24, 2.45) is 0 Å². The number of nitrogen functional groups attached to an aromatic ring is 1. The van der Waals surface area contributed by atoms with E-state index in [1.54, 1.807) is 11.4 Å². The van der Waals surface area contributed by atoms with Crippen molar-refractivity contribution >= 4 is 22.9 Å². The smallest absolute Gasteiger partial charge is 0.267 e. The molecular weight excluding hydrogens is 212 g/mol. The van der Waals surface area contributed by atoms with Gasteiger partial charge in [-0.2, -0.15) is 10.5 Å².